The Balaban J connectivity index is 1.59. The van der Waals surface area contributed by atoms with Gasteiger partial charge in [-0.2, -0.15) is 0 Å². The van der Waals surface area contributed by atoms with Gasteiger partial charge >= 0.3 is 5.97 Å². The molecule has 0 unspecified atom stereocenters. The molecule has 2 aromatic carbocycles. The first kappa shape index (κ1) is 22.4. The Kier molecular flexibility index (Phi) is 5.11. The van der Waals surface area contributed by atoms with Crippen molar-refractivity contribution in [3.8, 4) is 11.3 Å². The molecule has 0 saturated heterocycles. The zero-order chi connectivity index (χ0) is 25.0. The van der Waals surface area contributed by atoms with Gasteiger partial charge in [0.25, 0.3) is 10.0 Å². The molecule has 1 aliphatic carbocycles. The number of rotatable bonds is 6. The van der Waals surface area contributed by atoms with Crippen LogP contribution in [0.1, 0.15) is 28.8 Å². The number of fused-ring (bicyclic) bond motifs is 2. The molecule has 1 N–H and O–H groups in total. The molecule has 36 heavy (non-hydrogen) atoms. The molecule has 6 rings (SSSR count). The molecule has 1 saturated carbocycles. The molecule has 1 fully saturated rings. The van der Waals surface area contributed by atoms with Gasteiger partial charge in [0.05, 0.1) is 23.1 Å². The van der Waals surface area contributed by atoms with E-state index in [0.29, 0.717) is 39.8 Å². The van der Waals surface area contributed by atoms with E-state index in [1.807, 2.05) is 29.5 Å². The second kappa shape index (κ2) is 8.23. The summed E-state index contributed by atoms with van der Waals surface area (Å²) in [6, 6.07) is 18.0. The van der Waals surface area contributed by atoms with Crippen LogP contribution in [-0.4, -0.2) is 40.9 Å². The summed E-state index contributed by atoms with van der Waals surface area (Å²) in [5.74, 6) is 0.277. The van der Waals surface area contributed by atoms with E-state index in [1.54, 1.807) is 54.9 Å². The molecule has 9 heteroatoms. The van der Waals surface area contributed by atoms with Gasteiger partial charge in [-0.3, -0.25) is 4.40 Å². The zero-order valence-electron chi connectivity index (χ0n) is 19.8. The molecular formula is C27H24N4O4S. The fraction of sp³-hybridized carbons (Fsp3) is 0.185. The summed E-state index contributed by atoms with van der Waals surface area (Å²) in [5, 5.41) is 4.30. The molecule has 3 aromatic heterocycles. The van der Waals surface area contributed by atoms with Gasteiger partial charge in [-0.15, -0.1) is 0 Å². The highest BCUT2D eigenvalue weighted by Gasteiger charge is 2.28. The van der Waals surface area contributed by atoms with Crippen molar-refractivity contribution in [3.63, 3.8) is 0 Å². The molecule has 0 radical (unpaired) electrons. The van der Waals surface area contributed by atoms with Crippen molar-refractivity contribution in [2.24, 2.45) is 0 Å². The molecule has 0 atom stereocenters. The van der Waals surface area contributed by atoms with Gasteiger partial charge in [0.1, 0.15) is 17.2 Å². The van der Waals surface area contributed by atoms with Crippen molar-refractivity contribution >= 4 is 38.4 Å². The van der Waals surface area contributed by atoms with Crippen LogP contribution in [0, 0.1) is 6.92 Å². The topological polar surface area (TPSA) is 94.7 Å². The van der Waals surface area contributed by atoms with Crippen LogP contribution in [0.5, 0.6) is 0 Å². The SMILES string of the molecule is COC(=O)c1ccc2nc(-c3cn(S(=O)(=O)c4ccc(C)cc4)c4ccccc34)c(NC3CC3)n2c1. The lowest BCUT2D eigenvalue weighted by Gasteiger charge is -2.08. The van der Waals surface area contributed by atoms with Crippen molar-refractivity contribution in [2.75, 3.05) is 12.4 Å². The van der Waals surface area contributed by atoms with E-state index in [-0.39, 0.29) is 4.90 Å². The molecule has 0 spiro atoms. The number of benzene rings is 2. The van der Waals surface area contributed by atoms with Gasteiger partial charge in [0, 0.05) is 29.4 Å². The normalized spacial score (nSPS) is 13.8. The highest BCUT2D eigenvalue weighted by molar-refractivity contribution is 7.90. The number of imidazole rings is 1. The molecular weight excluding hydrogens is 476 g/mol. The van der Waals surface area contributed by atoms with Crippen molar-refractivity contribution in [3.05, 3.63) is 84.2 Å². The molecule has 3 heterocycles. The van der Waals surface area contributed by atoms with Crippen LogP contribution in [-0.2, 0) is 14.8 Å². The zero-order valence-corrected chi connectivity index (χ0v) is 20.6. The number of ether oxygens (including phenoxy) is 1. The van der Waals surface area contributed by atoms with E-state index < -0.39 is 16.0 Å². The molecule has 182 valence electrons. The van der Waals surface area contributed by atoms with Crippen LogP contribution in [0.3, 0.4) is 0 Å². The minimum absolute atomic E-state index is 0.217. The number of hydrogen-bond acceptors (Lipinski definition) is 6. The smallest absolute Gasteiger partial charge is 0.339 e. The molecule has 0 amide bonds. The fourth-order valence-corrected chi connectivity index (χ4v) is 5.76. The van der Waals surface area contributed by atoms with Gasteiger partial charge in [-0.1, -0.05) is 35.9 Å². The highest BCUT2D eigenvalue weighted by Crippen LogP contribution is 2.39. The van der Waals surface area contributed by atoms with Gasteiger partial charge in [0.2, 0.25) is 0 Å². The maximum atomic E-state index is 13.7. The van der Waals surface area contributed by atoms with E-state index in [2.05, 4.69) is 5.32 Å². The number of aryl methyl sites for hydroxylation is 1. The minimum Gasteiger partial charge on any atom is -0.465 e. The van der Waals surface area contributed by atoms with E-state index in [1.165, 1.54) is 11.1 Å². The Morgan fingerprint density at radius 2 is 1.78 bits per heavy atom. The van der Waals surface area contributed by atoms with Gasteiger partial charge in [0.15, 0.2) is 0 Å². The maximum absolute atomic E-state index is 13.7. The van der Waals surface area contributed by atoms with Crippen LogP contribution < -0.4 is 5.32 Å². The summed E-state index contributed by atoms with van der Waals surface area (Å²) in [6.07, 6.45) is 5.41. The largest absolute Gasteiger partial charge is 0.465 e. The van der Waals surface area contributed by atoms with E-state index >= 15 is 0 Å². The number of methoxy groups -OCH3 is 1. The van der Waals surface area contributed by atoms with E-state index in [0.717, 1.165) is 23.8 Å². The average molecular weight is 501 g/mol. The first-order chi connectivity index (χ1) is 17.4. The first-order valence-corrected chi connectivity index (χ1v) is 13.1. The van der Waals surface area contributed by atoms with Crippen molar-refractivity contribution in [2.45, 2.75) is 30.7 Å². The summed E-state index contributed by atoms with van der Waals surface area (Å²) >= 11 is 0. The Labute approximate surface area is 208 Å². The van der Waals surface area contributed by atoms with E-state index in [9.17, 15) is 13.2 Å². The number of carbonyl (C=O) groups is 1. The predicted molar refractivity (Wildman–Crippen MR) is 138 cm³/mol. The molecule has 1 aliphatic rings. The van der Waals surface area contributed by atoms with Gasteiger partial charge in [-0.05, 0) is 50.1 Å². The summed E-state index contributed by atoms with van der Waals surface area (Å²) in [4.78, 5) is 17.3. The number of pyridine rings is 1. The third kappa shape index (κ3) is 3.63. The number of aromatic nitrogens is 3. The number of hydrogen-bond donors (Lipinski definition) is 1. The number of para-hydroxylation sites is 1. The minimum atomic E-state index is -3.84. The maximum Gasteiger partial charge on any atom is 0.339 e. The van der Waals surface area contributed by atoms with Gasteiger partial charge in [-0.25, -0.2) is 22.2 Å². The lowest BCUT2D eigenvalue weighted by atomic mass is 10.1. The third-order valence-corrected chi connectivity index (χ3v) is 8.16. The van der Waals surface area contributed by atoms with Crippen LogP contribution in [0.25, 0.3) is 27.8 Å². The molecule has 8 nitrogen and oxygen atoms in total. The van der Waals surface area contributed by atoms with Crippen LogP contribution in [0.2, 0.25) is 0 Å². The van der Waals surface area contributed by atoms with Crippen molar-refractivity contribution in [1.29, 1.82) is 0 Å². The molecule has 5 aromatic rings. The predicted octanol–water partition coefficient (Wildman–Crippen LogP) is 4.86. The number of nitrogens with one attached hydrogen (secondary N) is 1. The fourth-order valence-electron chi connectivity index (χ4n) is 4.39. The Morgan fingerprint density at radius 1 is 1.03 bits per heavy atom. The summed E-state index contributed by atoms with van der Waals surface area (Å²) < 4.78 is 35.4. The van der Waals surface area contributed by atoms with Gasteiger partial charge < -0.3 is 10.1 Å². The summed E-state index contributed by atoms with van der Waals surface area (Å²) in [6.45, 7) is 1.92. The summed E-state index contributed by atoms with van der Waals surface area (Å²) in [5.41, 5.74) is 3.90. The number of nitrogens with zero attached hydrogens (tertiary/aromatic N) is 3. The Hall–Kier alpha value is -4.11. The number of carbonyl (C=O) groups excluding carboxylic acids is 1. The lowest BCUT2D eigenvalue weighted by molar-refractivity contribution is 0.0600. The third-order valence-electron chi connectivity index (χ3n) is 6.47. The number of esters is 1. The summed E-state index contributed by atoms with van der Waals surface area (Å²) in [7, 11) is -2.50. The standard InChI is InChI=1S/C27H24N4O4S/c1-17-7-12-20(13-8-17)36(33,34)31-16-22(21-5-3-4-6-23(21)31)25-26(28-19-10-11-19)30-15-18(27(32)35-2)9-14-24(30)29-25/h3-9,12-16,19,28H,10-11H2,1-2H3. The average Bonchev–Trinajstić information content (AvgIpc) is 3.52. The second-order valence-electron chi connectivity index (χ2n) is 9.04. The molecule has 0 bridgehead atoms. The van der Waals surface area contributed by atoms with E-state index in [4.69, 9.17) is 9.72 Å². The second-order valence-corrected chi connectivity index (χ2v) is 10.9. The monoisotopic (exact) mass is 500 g/mol. The lowest BCUT2D eigenvalue weighted by Crippen LogP contribution is -2.11. The molecule has 0 aliphatic heterocycles. The quantitative estimate of drug-likeness (QED) is 0.335. The van der Waals surface area contributed by atoms with Crippen molar-refractivity contribution < 1.29 is 17.9 Å². The Bertz CT molecular complexity index is 1750. The van der Waals surface area contributed by atoms with Crippen LogP contribution in [0.4, 0.5) is 5.82 Å². The van der Waals surface area contributed by atoms with Crippen LogP contribution >= 0.6 is 0 Å². The highest BCUT2D eigenvalue weighted by atomic mass is 32.2. The first-order valence-electron chi connectivity index (χ1n) is 11.7. The van der Waals surface area contributed by atoms with Crippen LogP contribution in [0.15, 0.2) is 78.0 Å². The Morgan fingerprint density at radius 3 is 2.50 bits per heavy atom. The van der Waals surface area contributed by atoms with Crippen molar-refractivity contribution in [1.82, 2.24) is 13.4 Å². The number of anilines is 1.